The molecule has 66 valence electrons. The summed E-state index contributed by atoms with van der Waals surface area (Å²) < 4.78 is 0. The van der Waals surface area contributed by atoms with Crippen molar-refractivity contribution in [2.45, 2.75) is 0 Å². The molecule has 1 aromatic carbocycles. The first-order chi connectivity index (χ1) is 6.20. The van der Waals surface area contributed by atoms with Crippen molar-refractivity contribution in [2.75, 3.05) is 0 Å². The fourth-order valence-corrected chi connectivity index (χ4v) is 1.80. The number of aromatic nitrogens is 2. The number of hydrogen-bond acceptors (Lipinski definition) is 2. The van der Waals surface area contributed by atoms with Gasteiger partial charge in [0.15, 0.2) is 0 Å². The molecule has 1 aromatic heterocycles. The Hall–Kier alpha value is -0.570. The summed E-state index contributed by atoms with van der Waals surface area (Å²) in [6, 6.07) is 3.34. The maximum atomic E-state index is 5.91. The molecular weight excluding hydrogens is 230 g/mol. The second-order valence-corrected chi connectivity index (χ2v) is 3.59. The maximum absolute atomic E-state index is 5.91. The first-order valence-corrected chi connectivity index (χ1v) is 4.58. The van der Waals surface area contributed by atoms with Crippen LogP contribution in [-0.4, -0.2) is 9.97 Å². The van der Waals surface area contributed by atoms with E-state index in [-0.39, 0.29) is 0 Å². The van der Waals surface area contributed by atoms with Crippen molar-refractivity contribution in [1.82, 2.24) is 9.97 Å². The van der Waals surface area contributed by atoms with Gasteiger partial charge in [-0.2, -0.15) is 0 Å². The van der Waals surface area contributed by atoms with Crippen LogP contribution in [0.2, 0.25) is 15.2 Å². The average Bonchev–Trinajstić information content (AvgIpc) is 2.12. The lowest BCUT2D eigenvalue weighted by molar-refractivity contribution is 1.22. The van der Waals surface area contributed by atoms with Crippen molar-refractivity contribution in [2.24, 2.45) is 0 Å². The number of halogens is 3. The fraction of sp³-hybridized carbons (Fsp3) is 0. The Kier molecular flexibility index (Phi) is 2.28. The minimum absolute atomic E-state index is 0.317. The molecule has 5 heteroatoms. The van der Waals surface area contributed by atoms with Crippen molar-refractivity contribution in [1.29, 1.82) is 0 Å². The van der Waals surface area contributed by atoms with Gasteiger partial charge in [0.1, 0.15) is 11.5 Å². The van der Waals surface area contributed by atoms with Crippen molar-refractivity contribution < 1.29 is 0 Å². The monoisotopic (exact) mass is 232 g/mol. The molecule has 0 fully saturated rings. The second kappa shape index (κ2) is 3.29. The lowest BCUT2D eigenvalue weighted by Gasteiger charge is -2.01. The van der Waals surface area contributed by atoms with E-state index in [4.69, 9.17) is 34.8 Å². The third kappa shape index (κ3) is 1.46. The summed E-state index contributed by atoms with van der Waals surface area (Å²) in [6.45, 7) is 0. The highest BCUT2D eigenvalue weighted by Crippen LogP contribution is 2.31. The van der Waals surface area contributed by atoms with Gasteiger partial charge in [0, 0.05) is 0 Å². The van der Waals surface area contributed by atoms with Gasteiger partial charge in [0.2, 0.25) is 0 Å². The predicted octanol–water partition coefficient (Wildman–Crippen LogP) is 3.59. The highest BCUT2D eigenvalue weighted by Gasteiger charge is 2.08. The van der Waals surface area contributed by atoms with Gasteiger partial charge < -0.3 is 0 Å². The van der Waals surface area contributed by atoms with Crippen molar-refractivity contribution in [3.05, 3.63) is 33.7 Å². The van der Waals surface area contributed by atoms with E-state index in [1.54, 1.807) is 12.1 Å². The van der Waals surface area contributed by atoms with Gasteiger partial charge in [0.05, 0.1) is 20.9 Å². The molecular formula is C8H3Cl3N2. The molecule has 0 saturated carbocycles. The van der Waals surface area contributed by atoms with Crippen LogP contribution in [0.1, 0.15) is 0 Å². The van der Waals surface area contributed by atoms with Crippen LogP contribution in [0, 0.1) is 0 Å². The Morgan fingerprint density at radius 2 is 1.62 bits per heavy atom. The molecule has 0 aliphatic carbocycles. The van der Waals surface area contributed by atoms with E-state index in [1.807, 2.05) is 0 Å². The molecule has 1 heterocycles. The van der Waals surface area contributed by atoms with Gasteiger partial charge in [-0.15, -0.1) is 0 Å². The van der Waals surface area contributed by atoms with Crippen LogP contribution in [0.5, 0.6) is 0 Å². The molecule has 2 nitrogen and oxygen atoms in total. The lowest BCUT2D eigenvalue weighted by atomic mass is 10.2. The quantitative estimate of drug-likeness (QED) is 0.650. The normalized spacial score (nSPS) is 10.7. The fourth-order valence-electron chi connectivity index (χ4n) is 1.07. The Balaban J connectivity index is 3.00. The molecule has 0 unspecified atom stereocenters. The molecule has 0 saturated heterocycles. The summed E-state index contributed by atoms with van der Waals surface area (Å²) in [7, 11) is 0. The largest absolute Gasteiger partial charge is 0.235 e. The van der Waals surface area contributed by atoms with E-state index < -0.39 is 0 Å². The number of fused-ring (bicyclic) bond motifs is 1. The Morgan fingerprint density at radius 3 is 2.31 bits per heavy atom. The van der Waals surface area contributed by atoms with E-state index in [0.717, 1.165) is 0 Å². The highest BCUT2D eigenvalue weighted by atomic mass is 35.5. The Labute approximate surface area is 89.5 Å². The minimum atomic E-state index is 0.317. The Bertz CT molecular complexity index is 462. The van der Waals surface area contributed by atoms with Crippen LogP contribution in [0.4, 0.5) is 0 Å². The van der Waals surface area contributed by atoms with E-state index in [1.165, 1.54) is 6.33 Å². The summed E-state index contributed by atoms with van der Waals surface area (Å²) in [4.78, 5) is 7.81. The van der Waals surface area contributed by atoms with Crippen LogP contribution >= 0.6 is 34.8 Å². The van der Waals surface area contributed by atoms with E-state index in [0.29, 0.717) is 26.1 Å². The minimum Gasteiger partial charge on any atom is -0.235 e. The zero-order valence-electron chi connectivity index (χ0n) is 6.26. The average molecular weight is 233 g/mol. The SMILES string of the molecule is Clc1ccc(Cl)c2c(Cl)ncnc12. The zero-order valence-corrected chi connectivity index (χ0v) is 8.53. The number of benzene rings is 1. The van der Waals surface area contributed by atoms with E-state index >= 15 is 0 Å². The topological polar surface area (TPSA) is 25.8 Å². The standard InChI is InChI=1S/C8H3Cl3N2/c9-4-1-2-5(10)7-6(4)8(11)13-3-12-7/h1-3H. The summed E-state index contributed by atoms with van der Waals surface area (Å²) in [5.41, 5.74) is 0.578. The Morgan fingerprint density at radius 1 is 0.923 bits per heavy atom. The van der Waals surface area contributed by atoms with E-state index in [9.17, 15) is 0 Å². The van der Waals surface area contributed by atoms with Gasteiger partial charge in [-0.3, -0.25) is 0 Å². The van der Waals surface area contributed by atoms with Crippen LogP contribution < -0.4 is 0 Å². The highest BCUT2D eigenvalue weighted by molar-refractivity contribution is 6.44. The first kappa shape index (κ1) is 9.00. The maximum Gasteiger partial charge on any atom is 0.141 e. The van der Waals surface area contributed by atoms with E-state index in [2.05, 4.69) is 9.97 Å². The number of hydrogen-bond donors (Lipinski definition) is 0. The summed E-state index contributed by atoms with van der Waals surface area (Å²) in [5, 5.41) is 1.93. The van der Waals surface area contributed by atoms with Gasteiger partial charge in [0.25, 0.3) is 0 Å². The molecule has 2 aromatic rings. The van der Waals surface area contributed by atoms with Crippen LogP contribution in [0.25, 0.3) is 10.9 Å². The molecule has 0 aliphatic heterocycles. The van der Waals surface area contributed by atoms with Crippen LogP contribution in [0.3, 0.4) is 0 Å². The molecule has 0 aliphatic rings. The van der Waals surface area contributed by atoms with Gasteiger partial charge in [-0.05, 0) is 12.1 Å². The van der Waals surface area contributed by atoms with Crippen LogP contribution in [0.15, 0.2) is 18.5 Å². The second-order valence-electron chi connectivity index (χ2n) is 2.42. The molecule has 0 atom stereocenters. The van der Waals surface area contributed by atoms with Crippen molar-refractivity contribution >= 4 is 45.7 Å². The third-order valence-electron chi connectivity index (χ3n) is 1.64. The number of nitrogens with zero attached hydrogens (tertiary/aromatic N) is 2. The van der Waals surface area contributed by atoms with Gasteiger partial charge in [-0.1, -0.05) is 34.8 Å². The van der Waals surface area contributed by atoms with Crippen molar-refractivity contribution in [3.63, 3.8) is 0 Å². The third-order valence-corrected chi connectivity index (χ3v) is 2.55. The van der Waals surface area contributed by atoms with Gasteiger partial charge >= 0.3 is 0 Å². The molecule has 0 radical (unpaired) electrons. The molecule has 0 amide bonds. The summed E-state index contributed by atoms with van der Waals surface area (Å²) >= 11 is 17.6. The summed E-state index contributed by atoms with van der Waals surface area (Å²) in [6.07, 6.45) is 1.35. The zero-order chi connectivity index (χ0) is 9.42. The lowest BCUT2D eigenvalue weighted by Crippen LogP contribution is -1.85. The molecule has 13 heavy (non-hydrogen) atoms. The number of rotatable bonds is 0. The molecule has 0 bridgehead atoms. The van der Waals surface area contributed by atoms with Crippen LogP contribution in [-0.2, 0) is 0 Å². The predicted molar refractivity (Wildman–Crippen MR) is 54.6 cm³/mol. The smallest absolute Gasteiger partial charge is 0.141 e. The molecule has 0 spiro atoms. The molecule has 2 rings (SSSR count). The van der Waals surface area contributed by atoms with Crippen molar-refractivity contribution in [3.8, 4) is 0 Å². The summed E-state index contributed by atoms with van der Waals surface area (Å²) in [5.74, 6) is 0. The first-order valence-electron chi connectivity index (χ1n) is 3.44. The van der Waals surface area contributed by atoms with Gasteiger partial charge in [-0.25, -0.2) is 9.97 Å². The molecule has 0 N–H and O–H groups in total.